The number of hydrogen-bond acceptors (Lipinski definition) is 4. The zero-order valence-electron chi connectivity index (χ0n) is 12.9. The normalized spacial score (nSPS) is 11.2. The summed E-state index contributed by atoms with van der Waals surface area (Å²) in [6, 6.07) is 14.1. The molecule has 1 heterocycles. The number of nitrogens with zero attached hydrogens (tertiary/aromatic N) is 2. The number of fused-ring (bicyclic) bond motifs is 1. The van der Waals surface area contributed by atoms with E-state index >= 15 is 0 Å². The van der Waals surface area contributed by atoms with Gasteiger partial charge in [-0.25, -0.2) is 4.57 Å². The van der Waals surface area contributed by atoms with E-state index in [0.29, 0.717) is 27.8 Å². The van der Waals surface area contributed by atoms with E-state index in [1.807, 2.05) is 6.07 Å². The summed E-state index contributed by atoms with van der Waals surface area (Å²) >= 11 is 0. The Morgan fingerprint density at radius 1 is 1.09 bits per heavy atom. The summed E-state index contributed by atoms with van der Waals surface area (Å²) in [5.74, 6) is 0.543. The molecule has 0 aliphatic rings. The quantitative estimate of drug-likeness (QED) is 0.757. The molecule has 0 fully saturated rings. The van der Waals surface area contributed by atoms with Crippen LogP contribution in [0.5, 0.6) is 11.6 Å². The van der Waals surface area contributed by atoms with Gasteiger partial charge in [-0.05, 0) is 30.3 Å². The molecule has 3 aromatic rings. The predicted molar refractivity (Wildman–Crippen MR) is 91.3 cm³/mol. The van der Waals surface area contributed by atoms with Gasteiger partial charge in [0, 0.05) is 24.0 Å². The molecule has 5 nitrogen and oxygen atoms in total. The van der Waals surface area contributed by atoms with Gasteiger partial charge in [-0.2, -0.15) is 0 Å². The molecule has 23 heavy (non-hydrogen) atoms. The first-order valence-corrected chi connectivity index (χ1v) is 7.10. The third-order valence-electron chi connectivity index (χ3n) is 3.69. The van der Waals surface area contributed by atoms with Gasteiger partial charge in [-0.1, -0.05) is 18.2 Å². The predicted octanol–water partition coefficient (Wildman–Crippen LogP) is 2.75. The molecule has 0 unspecified atom stereocenters. The summed E-state index contributed by atoms with van der Waals surface area (Å²) < 4.78 is 6.40. The van der Waals surface area contributed by atoms with Gasteiger partial charge in [0.25, 0.3) is 5.56 Å². The second-order valence-electron chi connectivity index (χ2n) is 5.01. The lowest BCUT2D eigenvalue weighted by Gasteiger charge is -2.14. The first kappa shape index (κ1) is 14.8. The fourth-order valence-corrected chi connectivity index (χ4v) is 2.59. The van der Waals surface area contributed by atoms with E-state index in [9.17, 15) is 9.90 Å². The Labute approximate surface area is 133 Å². The third kappa shape index (κ3) is 2.46. The first-order valence-electron chi connectivity index (χ1n) is 7.10. The van der Waals surface area contributed by atoms with Crippen LogP contribution >= 0.6 is 0 Å². The third-order valence-corrected chi connectivity index (χ3v) is 3.69. The van der Waals surface area contributed by atoms with Crippen LogP contribution in [0.2, 0.25) is 0 Å². The maximum atomic E-state index is 12.8. The van der Waals surface area contributed by atoms with Crippen LogP contribution in [0.4, 0.5) is 0 Å². The van der Waals surface area contributed by atoms with Crippen molar-refractivity contribution >= 4 is 17.0 Å². The standard InChI is InChI=1S/C18H16N2O3/c1-19-11-16-14-5-3-4-6-15(14)17(21)20(18(16)22)12-7-9-13(23-2)10-8-12/h3-11,22H,1-2H3. The smallest absolute Gasteiger partial charge is 0.265 e. The number of benzene rings is 2. The molecule has 1 N–H and O–H groups in total. The second-order valence-corrected chi connectivity index (χ2v) is 5.01. The highest BCUT2D eigenvalue weighted by Crippen LogP contribution is 2.26. The van der Waals surface area contributed by atoms with Crippen molar-refractivity contribution in [3.8, 4) is 17.3 Å². The molecule has 2 aromatic carbocycles. The van der Waals surface area contributed by atoms with E-state index in [1.54, 1.807) is 62.8 Å². The van der Waals surface area contributed by atoms with Crippen LogP contribution in [0, 0.1) is 0 Å². The molecular formula is C18H16N2O3. The summed E-state index contributed by atoms with van der Waals surface area (Å²) in [5.41, 5.74) is 0.792. The van der Waals surface area contributed by atoms with Crippen molar-refractivity contribution in [3.05, 3.63) is 64.4 Å². The van der Waals surface area contributed by atoms with Gasteiger partial charge in [0.15, 0.2) is 0 Å². The van der Waals surface area contributed by atoms with Crippen LogP contribution in [0.25, 0.3) is 16.5 Å². The molecule has 0 spiro atoms. The Kier molecular flexibility index (Phi) is 3.85. The topological polar surface area (TPSA) is 63.8 Å². The molecule has 0 bridgehead atoms. The lowest BCUT2D eigenvalue weighted by Crippen LogP contribution is -2.20. The fraction of sp³-hybridized carbons (Fsp3) is 0.111. The van der Waals surface area contributed by atoms with Crippen LogP contribution in [0.1, 0.15) is 5.56 Å². The van der Waals surface area contributed by atoms with Gasteiger partial charge in [0.1, 0.15) is 5.75 Å². The Morgan fingerprint density at radius 2 is 1.74 bits per heavy atom. The van der Waals surface area contributed by atoms with Gasteiger partial charge in [-0.15, -0.1) is 0 Å². The molecule has 0 aliphatic heterocycles. The molecule has 0 saturated carbocycles. The van der Waals surface area contributed by atoms with Crippen molar-refractivity contribution in [2.24, 2.45) is 4.99 Å². The van der Waals surface area contributed by atoms with Gasteiger partial charge < -0.3 is 9.84 Å². The van der Waals surface area contributed by atoms with Gasteiger partial charge in [0.05, 0.1) is 18.4 Å². The van der Waals surface area contributed by atoms with Gasteiger partial charge >= 0.3 is 0 Å². The highest BCUT2D eigenvalue weighted by Gasteiger charge is 2.15. The van der Waals surface area contributed by atoms with Crippen LogP contribution in [-0.4, -0.2) is 30.0 Å². The van der Waals surface area contributed by atoms with Crippen molar-refractivity contribution in [2.45, 2.75) is 0 Å². The van der Waals surface area contributed by atoms with E-state index < -0.39 is 0 Å². The number of rotatable bonds is 3. The molecule has 0 aliphatic carbocycles. The first-order chi connectivity index (χ1) is 11.2. The average molecular weight is 308 g/mol. The minimum absolute atomic E-state index is 0.135. The van der Waals surface area contributed by atoms with Crippen molar-refractivity contribution in [1.82, 2.24) is 4.57 Å². The van der Waals surface area contributed by atoms with Crippen molar-refractivity contribution in [1.29, 1.82) is 0 Å². The minimum Gasteiger partial charge on any atom is -0.497 e. The zero-order chi connectivity index (χ0) is 16.4. The molecule has 3 rings (SSSR count). The molecular weight excluding hydrogens is 292 g/mol. The molecule has 0 amide bonds. The minimum atomic E-state index is -0.281. The molecule has 0 radical (unpaired) electrons. The Balaban J connectivity index is 2.38. The molecule has 0 saturated heterocycles. The fourth-order valence-electron chi connectivity index (χ4n) is 2.59. The van der Waals surface area contributed by atoms with Crippen LogP contribution in [0.15, 0.2) is 58.3 Å². The highest BCUT2D eigenvalue weighted by molar-refractivity contribution is 6.01. The van der Waals surface area contributed by atoms with Crippen LogP contribution in [0.3, 0.4) is 0 Å². The molecule has 5 heteroatoms. The number of methoxy groups -OCH3 is 1. The number of hydrogen-bond donors (Lipinski definition) is 1. The van der Waals surface area contributed by atoms with Crippen molar-refractivity contribution in [2.75, 3.05) is 14.2 Å². The molecule has 116 valence electrons. The van der Waals surface area contributed by atoms with Gasteiger partial charge in [-0.3, -0.25) is 9.79 Å². The number of pyridine rings is 1. The second kappa shape index (κ2) is 5.96. The van der Waals surface area contributed by atoms with Crippen LogP contribution < -0.4 is 10.3 Å². The van der Waals surface area contributed by atoms with Gasteiger partial charge in [0.2, 0.25) is 5.88 Å². The zero-order valence-corrected chi connectivity index (χ0v) is 12.9. The van der Waals surface area contributed by atoms with E-state index in [2.05, 4.69) is 4.99 Å². The highest BCUT2D eigenvalue weighted by atomic mass is 16.5. The lowest BCUT2D eigenvalue weighted by molar-refractivity contribution is 0.414. The Hall–Kier alpha value is -3.08. The average Bonchev–Trinajstić information content (AvgIpc) is 2.59. The number of aromatic nitrogens is 1. The Morgan fingerprint density at radius 3 is 2.35 bits per heavy atom. The van der Waals surface area contributed by atoms with Crippen molar-refractivity contribution in [3.63, 3.8) is 0 Å². The maximum absolute atomic E-state index is 12.8. The number of aliphatic imine (C=N–C) groups is 1. The molecule has 1 aromatic heterocycles. The molecule has 0 atom stereocenters. The van der Waals surface area contributed by atoms with E-state index in [4.69, 9.17) is 4.74 Å². The summed E-state index contributed by atoms with van der Waals surface area (Å²) in [7, 11) is 3.20. The Bertz CT molecular complexity index is 941. The lowest BCUT2D eigenvalue weighted by atomic mass is 10.1. The summed E-state index contributed by atoms with van der Waals surface area (Å²) in [6.07, 6.45) is 1.55. The summed E-state index contributed by atoms with van der Waals surface area (Å²) in [6.45, 7) is 0. The number of aromatic hydroxyl groups is 1. The summed E-state index contributed by atoms with van der Waals surface area (Å²) in [5, 5.41) is 11.8. The largest absolute Gasteiger partial charge is 0.497 e. The van der Waals surface area contributed by atoms with E-state index in [1.165, 1.54) is 4.57 Å². The maximum Gasteiger partial charge on any atom is 0.265 e. The monoisotopic (exact) mass is 308 g/mol. The van der Waals surface area contributed by atoms with Crippen molar-refractivity contribution < 1.29 is 9.84 Å². The van der Waals surface area contributed by atoms with E-state index in [-0.39, 0.29) is 11.4 Å². The van der Waals surface area contributed by atoms with E-state index in [0.717, 1.165) is 0 Å². The SMILES string of the molecule is CN=Cc1c(O)n(-c2ccc(OC)cc2)c(=O)c2ccccc12. The number of ether oxygens (including phenoxy) is 1. The summed E-state index contributed by atoms with van der Waals surface area (Å²) in [4.78, 5) is 16.8. The van der Waals surface area contributed by atoms with Crippen LogP contribution in [-0.2, 0) is 0 Å².